The van der Waals surface area contributed by atoms with E-state index in [9.17, 15) is 22.8 Å². The molecule has 0 fully saturated rings. The molecule has 0 saturated heterocycles. The summed E-state index contributed by atoms with van der Waals surface area (Å²) in [6.07, 6.45) is -4.98. The molecule has 2 aromatic carbocycles. The molecule has 8 heteroatoms. The Balaban J connectivity index is 2.08. The van der Waals surface area contributed by atoms with E-state index in [1.165, 1.54) is 18.2 Å². The summed E-state index contributed by atoms with van der Waals surface area (Å²) in [6.45, 7) is -0.0281. The zero-order valence-corrected chi connectivity index (χ0v) is 13.7. The number of carbonyl (C=O) groups is 2. The van der Waals surface area contributed by atoms with Crippen molar-refractivity contribution in [3.8, 4) is 0 Å². The molecule has 0 atom stereocenters. The average molecular weight is 401 g/mol. The fourth-order valence-electron chi connectivity index (χ4n) is 1.90. The third-order valence-electron chi connectivity index (χ3n) is 3.05. The Morgan fingerprint density at radius 1 is 1.04 bits per heavy atom. The summed E-state index contributed by atoms with van der Waals surface area (Å²) in [5, 5.41) is 4.40. The number of nitrogens with one attached hydrogen (secondary N) is 2. The van der Waals surface area contributed by atoms with Crippen molar-refractivity contribution in [3.05, 3.63) is 64.1 Å². The summed E-state index contributed by atoms with van der Waals surface area (Å²) in [7, 11) is 0. The summed E-state index contributed by atoms with van der Waals surface area (Å²) < 4.78 is 37.8. The number of carbonyl (C=O) groups excluding carboxylic acids is 2. The first kappa shape index (κ1) is 18.0. The van der Waals surface area contributed by atoms with Gasteiger partial charge in [0.2, 0.25) is 0 Å². The van der Waals surface area contributed by atoms with Gasteiger partial charge in [0.15, 0.2) is 0 Å². The quantitative estimate of drug-likeness (QED) is 0.817. The number of halogens is 4. The third kappa shape index (κ3) is 4.82. The van der Waals surface area contributed by atoms with Crippen molar-refractivity contribution >= 4 is 33.4 Å². The number of anilines is 1. The van der Waals surface area contributed by atoms with E-state index in [0.29, 0.717) is 11.1 Å². The molecule has 2 aromatic rings. The predicted molar refractivity (Wildman–Crippen MR) is 86.4 cm³/mol. The second-order valence-electron chi connectivity index (χ2n) is 4.80. The minimum Gasteiger partial charge on any atom is -0.348 e. The largest absolute Gasteiger partial charge is 0.471 e. The van der Waals surface area contributed by atoms with E-state index in [-0.39, 0.29) is 18.1 Å². The molecule has 0 aliphatic rings. The van der Waals surface area contributed by atoms with Gasteiger partial charge in [-0.15, -0.1) is 0 Å². The number of amides is 2. The van der Waals surface area contributed by atoms with Crippen LogP contribution in [0.15, 0.2) is 53.0 Å². The SMILES string of the molecule is O=C(NCc1ccccc1NC(=O)C(F)(F)F)c1cccc(Br)c1. The second-order valence-corrected chi connectivity index (χ2v) is 5.72. The molecule has 126 valence electrons. The molecule has 0 aromatic heterocycles. The first-order valence-corrected chi connectivity index (χ1v) is 7.56. The monoisotopic (exact) mass is 400 g/mol. The highest BCUT2D eigenvalue weighted by atomic mass is 79.9. The highest BCUT2D eigenvalue weighted by Crippen LogP contribution is 2.21. The van der Waals surface area contributed by atoms with Gasteiger partial charge in [-0.25, -0.2) is 0 Å². The molecule has 2 rings (SSSR count). The van der Waals surface area contributed by atoms with Gasteiger partial charge in [0.25, 0.3) is 5.91 Å². The fourth-order valence-corrected chi connectivity index (χ4v) is 2.30. The number of rotatable bonds is 4. The van der Waals surface area contributed by atoms with E-state index in [4.69, 9.17) is 0 Å². The van der Waals surface area contributed by atoms with E-state index in [1.54, 1.807) is 35.6 Å². The van der Waals surface area contributed by atoms with Crippen LogP contribution in [0, 0.1) is 0 Å². The first-order valence-electron chi connectivity index (χ1n) is 6.77. The van der Waals surface area contributed by atoms with Crippen molar-refractivity contribution in [1.29, 1.82) is 0 Å². The van der Waals surface area contributed by atoms with Crippen LogP contribution in [0.5, 0.6) is 0 Å². The molecule has 0 aliphatic carbocycles. The van der Waals surface area contributed by atoms with Gasteiger partial charge in [-0.1, -0.05) is 40.2 Å². The first-order chi connectivity index (χ1) is 11.3. The number of hydrogen-bond donors (Lipinski definition) is 2. The Hall–Kier alpha value is -2.35. The molecule has 0 radical (unpaired) electrons. The van der Waals surface area contributed by atoms with Gasteiger partial charge in [-0.2, -0.15) is 13.2 Å². The van der Waals surface area contributed by atoms with Crippen molar-refractivity contribution in [2.45, 2.75) is 12.7 Å². The Labute approximate surface area is 144 Å². The van der Waals surface area contributed by atoms with Crippen molar-refractivity contribution in [1.82, 2.24) is 5.32 Å². The van der Waals surface area contributed by atoms with Gasteiger partial charge in [0.1, 0.15) is 0 Å². The normalized spacial score (nSPS) is 11.0. The Morgan fingerprint density at radius 2 is 1.75 bits per heavy atom. The second kappa shape index (κ2) is 7.48. The highest BCUT2D eigenvalue weighted by Gasteiger charge is 2.38. The summed E-state index contributed by atoms with van der Waals surface area (Å²) in [4.78, 5) is 23.1. The van der Waals surface area contributed by atoms with Crippen LogP contribution < -0.4 is 10.6 Å². The molecule has 0 saturated carbocycles. The Kier molecular flexibility index (Phi) is 5.61. The smallest absolute Gasteiger partial charge is 0.348 e. The number of hydrogen-bond acceptors (Lipinski definition) is 2. The van der Waals surface area contributed by atoms with Crippen LogP contribution in [-0.4, -0.2) is 18.0 Å². The minimum atomic E-state index is -4.98. The zero-order valence-electron chi connectivity index (χ0n) is 12.2. The molecule has 0 unspecified atom stereocenters. The third-order valence-corrected chi connectivity index (χ3v) is 3.54. The van der Waals surface area contributed by atoms with Gasteiger partial charge in [0, 0.05) is 22.3 Å². The van der Waals surface area contributed by atoms with Crippen molar-refractivity contribution in [3.63, 3.8) is 0 Å². The van der Waals surface area contributed by atoms with Gasteiger partial charge < -0.3 is 10.6 Å². The lowest BCUT2D eigenvalue weighted by Crippen LogP contribution is -2.31. The lowest BCUT2D eigenvalue weighted by molar-refractivity contribution is -0.167. The van der Waals surface area contributed by atoms with E-state index in [2.05, 4.69) is 21.2 Å². The molecule has 2 N–H and O–H groups in total. The summed E-state index contributed by atoms with van der Waals surface area (Å²) in [6, 6.07) is 12.6. The molecule has 0 bridgehead atoms. The van der Waals surface area contributed by atoms with Gasteiger partial charge >= 0.3 is 12.1 Å². The maximum atomic E-state index is 12.4. The summed E-state index contributed by atoms with van der Waals surface area (Å²) in [5.41, 5.74) is 0.758. The number of para-hydroxylation sites is 1. The molecular formula is C16H12BrF3N2O2. The predicted octanol–water partition coefficient (Wildman–Crippen LogP) is 3.88. The van der Waals surface area contributed by atoms with E-state index in [0.717, 1.165) is 4.47 Å². The van der Waals surface area contributed by atoms with Crippen LogP contribution in [-0.2, 0) is 11.3 Å². The van der Waals surface area contributed by atoms with E-state index in [1.807, 2.05) is 0 Å². The van der Waals surface area contributed by atoms with Crippen molar-refractivity contribution < 1.29 is 22.8 Å². The Bertz CT molecular complexity index is 763. The van der Waals surface area contributed by atoms with Crippen molar-refractivity contribution in [2.24, 2.45) is 0 Å². The molecule has 0 aliphatic heterocycles. The van der Waals surface area contributed by atoms with Crippen LogP contribution in [0.1, 0.15) is 15.9 Å². The number of benzene rings is 2. The molecule has 0 heterocycles. The van der Waals surface area contributed by atoms with Crippen molar-refractivity contribution in [2.75, 3.05) is 5.32 Å². The molecule has 0 spiro atoms. The highest BCUT2D eigenvalue weighted by molar-refractivity contribution is 9.10. The molecule has 24 heavy (non-hydrogen) atoms. The minimum absolute atomic E-state index is 0.00522. The fraction of sp³-hybridized carbons (Fsp3) is 0.125. The molecule has 4 nitrogen and oxygen atoms in total. The van der Waals surface area contributed by atoms with Crippen LogP contribution in [0.25, 0.3) is 0 Å². The molecule has 2 amide bonds. The van der Waals surface area contributed by atoms with E-state index < -0.39 is 12.1 Å². The summed E-state index contributed by atoms with van der Waals surface area (Å²) >= 11 is 3.25. The van der Waals surface area contributed by atoms with Crippen LogP contribution in [0.3, 0.4) is 0 Å². The number of alkyl halides is 3. The zero-order chi connectivity index (χ0) is 17.7. The van der Waals surface area contributed by atoms with Crippen LogP contribution in [0.2, 0.25) is 0 Å². The van der Waals surface area contributed by atoms with Crippen LogP contribution in [0.4, 0.5) is 18.9 Å². The van der Waals surface area contributed by atoms with E-state index >= 15 is 0 Å². The lowest BCUT2D eigenvalue weighted by Gasteiger charge is -2.13. The van der Waals surface area contributed by atoms with Gasteiger partial charge in [-0.3, -0.25) is 9.59 Å². The van der Waals surface area contributed by atoms with Gasteiger partial charge in [-0.05, 0) is 29.8 Å². The average Bonchev–Trinajstić information content (AvgIpc) is 2.52. The maximum Gasteiger partial charge on any atom is 0.471 e. The maximum absolute atomic E-state index is 12.4. The summed E-state index contributed by atoms with van der Waals surface area (Å²) in [5.74, 6) is -2.44. The Morgan fingerprint density at radius 3 is 2.42 bits per heavy atom. The van der Waals surface area contributed by atoms with Gasteiger partial charge in [0.05, 0.1) is 0 Å². The van der Waals surface area contributed by atoms with Crippen LogP contribution >= 0.6 is 15.9 Å². The topological polar surface area (TPSA) is 58.2 Å². The molecular weight excluding hydrogens is 389 g/mol. The standard InChI is InChI=1S/C16H12BrF3N2O2/c17-12-6-3-5-10(8-12)14(23)21-9-11-4-1-2-7-13(11)22-15(24)16(18,19)20/h1-8H,9H2,(H,21,23)(H,22,24). The lowest BCUT2D eigenvalue weighted by atomic mass is 10.1.